The first kappa shape index (κ1) is 14.7. The molecule has 6 heteroatoms. The van der Waals surface area contributed by atoms with E-state index in [4.69, 9.17) is 0 Å². The molecule has 6 nitrogen and oxygen atoms in total. The third-order valence-corrected chi connectivity index (χ3v) is 3.49. The van der Waals surface area contributed by atoms with Crippen molar-refractivity contribution in [3.63, 3.8) is 0 Å². The number of hydrogen-bond acceptors (Lipinski definition) is 5. The van der Waals surface area contributed by atoms with Crippen molar-refractivity contribution >= 4 is 11.8 Å². The SMILES string of the molecule is Cc1cc(C)c(C(=O)O)c(NCCN2CCNCC2)n1. The maximum atomic E-state index is 11.3. The van der Waals surface area contributed by atoms with Gasteiger partial charge in [0.05, 0.1) is 0 Å². The smallest absolute Gasteiger partial charge is 0.339 e. The van der Waals surface area contributed by atoms with Crippen molar-refractivity contribution in [1.82, 2.24) is 15.2 Å². The van der Waals surface area contributed by atoms with Crippen LogP contribution in [0.25, 0.3) is 0 Å². The van der Waals surface area contributed by atoms with E-state index in [1.165, 1.54) is 0 Å². The number of piperazine rings is 1. The maximum Gasteiger partial charge on any atom is 0.339 e. The number of nitrogens with one attached hydrogen (secondary N) is 2. The third-order valence-electron chi connectivity index (χ3n) is 3.49. The Bertz CT molecular complexity index is 484. The lowest BCUT2D eigenvalue weighted by Crippen LogP contribution is -2.45. The van der Waals surface area contributed by atoms with Crippen LogP contribution in [-0.4, -0.2) is 60.2 Å². The molecule has 0 radical (unpaired) electrons. The summed E-state index contributed by atoms with van der Waals surface area (Å²) in [6, 6.07) is 1.80. The van der Waals surface area contributed by atoms with Crippen molar-refractivity contribution in [1.29, 1.82) is 0 Å². The molecule has 20 heavy (non-hydrogen) atoms. The highest BCUT2D eigenvalue weighted by molar-refractivity contribution is 5.94. The number of carbonyl (C=O) groups is 1. The summed E-state index contributed by atoms with van der Waals surface area (Å²) in [5.41, 5.74) is 1.85. The number of rotatable bonds is 5. The number of carboxylic acids is 1. The normalized spacial score (nSPS) is 16.1. The van der Waals surface area contributed by atoms with Gasteiger partial charge in [-0.3, -0.25) is 4.90 Å². The predicted octanol–water partition coefficient (Wildman–Crippen LogP) is 0.714. The number of carboxylic acid groups (broad SMARTS) is 1. The first-order valence-corrected chi connectivity index (χ1v) is 6.96. The summed E-state index contributed by atoms with van der Waals surface area (Å²) < 4.78 is 0. The average molecular weight is 278 g/mol. The standard InChI is InChI=1S/C14H22N4O2/c1-10-9-11(2)17-13(12(10)14(19)20)16-5-8-18-6-3-15-4-7-18/h9,15H,3-8H2,1-2H3,(H,16,17)(H,19,20). The van der Waals surface area contributed by atoms with Gasteiger partial charge in [0.25, 0.3) is 0 Å². The molecule has 0 amide bonds. The quantitative estimate of drug-likeness (QED) is 0.736. The van der Waals surface area contributed by atoms with Crippen LogP contribution in [0.15, 0.2) is 6.07 Å². The van der Waals surface area contributed by atoms with Gasteiger partial charge in [-0.1, -0.05) is 0 Å². The van der Waals surface area contributed by atoms with E-state index in [1.807, 2.05) is 6.92 Å². The molecular weight excluding hydrogens is 256 g/mol. The molecule has 0 bridgehead atoms. The van der Waals surface area contributed by atoms with Crippen LogP contribution in [0, 0.1) is 13.8 Å². The van der Waals surface area contributed by atoms with Crippen LogP contribution < -0.4 is 10.6 Å². The first-order valence-electron chi connectivity index (χ1n) is 6.96. The van der Waals surface area contributed by atoms with Gasteiger partial charge in [-0.05, 0) is 25.5 Å². The first-order chi connectivity index (χ1) is 9.58. The fourth-order valence-electron chi connectivity index (χ4n) is 2.50. The Balaban J connectivity index is 1.99. The lowest BCUT2D eigenvalue weighted by molar-refractivity contribution is 0.0697. The van der Waals surface area contributed by atoms with Gasteiger partial charge in [-0.25, -0.2) is 9.78 Å². The Hall–Kier alpha value is -1.66. The second-order valence-electron chi connectivity index (χ2n) is 5.13. The molecule has 3 N–H and O–H groups in total. The highest BCUT2D eigenvalue weighted by atomic mass is 16.4. The summed E-state index contributed by atoms with van der Waals surface area (Å²) in [7, 11) is 0. The van der Waals surface area contributed by atoms with Gasteiger partial charge >= 0.3 is 5.97 Å². The predicted molar refractivity (Wildman–Crippen MR) is 78.5 cm³/mol. The molecule has 0 aliphatic carbocycles. The Labute approximate surface area is 119 Å². The van der Waals surface area contributed by atoms with E-state index in [1.54, 1.807) is 13.0 Å². The van der Waals surface area contributed by atoms with Crippen LogP contribution in [0.1, 0.15) is 21.6 Å². The molecule has 2 heterocycles. The van der Waals surface area contributed by atoms with Crippen molar-refractivity contribution in [3.8, 4) is 0 Å². The number of anilines is 1. The minimum absolute atomic E-state index is 0.274. The van der Waals surface area contributed by atoms with Crippen molar-refractivity contribution < 1.29 is 9.90 Å². The molecule has 0 unspecified atom stereocenters. The van der Waals surface area contributed by atoms with Gasteiger partial charge in [0.2, 0.25) is 0 Å². The second kappa shape index (κ2) is 6.67. The molecule has 0 aromatic carbocycles. The van der Waals surface area contributed by atoms with Crippen molar-refractivity contribution in [3.05, 3.63) is 22.9 Å². The summed E-state index contributed by atoms with van der Waals surface area (Å²) in [5.74, 6) is -0.454. The van der Waals surface area contributed by atoms with Gasteiger partial charge in [-0.2, -0.15) is 0 Å². The summed E-state index contributed by atoms with van der Waals surface area (Å²) >= 11 is 0. The Morgan fingerprint density at radius 1 is 1.45 bits per heavy atom. The van der Waals surface area contributed by atoms with Gasteiger partial charge in [0, 0.05) is 45.0 Å². The second-order valence-corrected chi connectivity index (χ2v) is 5.13. The zero-order valence-electron chi connectivity index (χ0n) is 12.1. The molecule has 1 aromatic heterocycles. The van der Waals surface area contributed by atoms with E-state index in [9.17, 15) is 9.90 Å². The fraction of sp³-hybridized carbons (Fsp3) is 0.571. The van der Waals surface area contributed by atoms with Crippen LogP contribution in [0.2, 0.25) is 0 Å². The molecule has 1 aliphatic heterocycles. The van der Waals surface area contributed by atoms with E-state index in [0.717, 1.165) is 44.0 Å². The molecule has 0 spiro atoms. The highest BCUT2D eigenvalue weighted by Crippen LogP contribution is 2.18. The highest BCUT2D eigenvalue weighted by Gasteiger charge is 2.16. The molecule has 110 valence electrons. The zero-order valence-corrected chi connectivity index (χ0v) is 12.1. The van der Waals surface area contributed by atoms with Crippen LogP contribution >= 0.6 is 0 Å². The summed E-state index contributed by atoms with van der Waals surface area (Å²) in [4.78, 5) is 18.0. The van der Waals surface area contributed by atoms with Crippen LogP contribution in [0.5, 0.6) is 0 Å². The fourth-order valence-corrected chi connectivity index (χ4v) is 2.50. The summed E-state index contributed by atoms with van der Waals surface area (Å²) in [6.45, 7) is 9.39. The molecular formula is C14H22N4O2. The van der Waals surface area contributed by atoms with E-state index >= 15 is 0 Å². The number of aryl methyl sites for hydroxylation is 2. The number of aromatic carboxylic acids is 1. The summed E-state index contributed by atoms with van der Waals surface area (Å²) in [6.07, 6.45) is 0. The van der Waals surface area contributed by atoms with Gasteiger partial charge < -0.3 is 15.7 Å². The molecule has 2 rings (SSSR count). The van der Waals surface area contributed by atoms with E-state index < -0.39 is 5.97 Å². The lowest BCUT2D eigenvalue weighted by atomic mass is 10.1. The molecule has 1 aliphatic rings. The third kappa shape index (κ3) is 3.68. The summed E-state index contributed by atoms with van der Waals surface area (Å²) in [5, 5.41) is 15.8. The molecule has 1 saturated heterocycles. The van der Waals surface area contributed by atoms with Crippen LogP contribution in [0.4, 0.5) is 5.82 Å². The average Bonchev–Trinajstić information content (AvgIpc) is 2.38. The van der Waals surface area contributed by atoms with Crippen LogP contribution in [-0.2, 0) is 0 Å². The largest absolute Gasteiger partial charge is 0.478 e. The van der Waals surface area contributed by atoms with Crippen molar-refractivity contribution in [2.45, 2.75) is 13.8 Å². The number of aromatic nitrogens is 1. The Kier molecular flexibility index (Phi) is 4.92. The van der Waals surface area contributed by atoms with Gasteiger partial charge in [0.1, 0.15) is 11.4 Å². The van der Waals surface area contributed by atoms with Crippen molar-refractivity contribution in [2.75, 3.05) is 44.6 Å². The van der Waals surface area contributed by atoms with Gasteiger partial charge in [-0.15, -0.1) is 0 Å². The molecule has 1 fully saturated rings. The number of nitrogens with zero attached hydrogens (tertiary/aromatic N) is 2. The lowest BCUT2D eigenvalue weighted by Gasteiger charge is -2.27. The molecule has 0 atom stereocenters. The monoisotopic (exact) mass is 278 g/mol. The topological polar surface area (TPSA) is 77.5 Å². The minimum Gasteiger partial charge on any atom is -0.478 e. The van der Waals surface area contributed by atoms with E-state index in [0.29, 0.717) is 12.4 Å². The Morgan fingerprint density at radius 2 is 2.15 bits per heavy atom. The van der Waals surface area contributed by atoms with E-state index in [2.05, 4.69) is 20.5 Å². The molecule has 0 saturated carbocycles. The van der Waals surface area contributed by atoms with Crippen molar-refractivity contribution in [2.24, 2.45) is 0 Å². The maximum absolute atomic E-state index is 11.3. The number of pyridine rings is 1. The molecule has 1 aromatic rings. The van der Waals surface area contributed by atoms with Gasteiger partial charge in [0.15, 0.2) is 0 Å². The zero-order chi connectivity index (χ0) is 14.5. The minimum atomic E-state index is -0.931. The van der Waals surface area contributed by atoms with Crippen LogP contribution in [0.3, 0.4) is 0 Å². The Morgan fingerprint density at radius 3 is 2.80 bits per heavy atom. The number of hydrogen-bond donors (Lipinski definition) is 3. The van der Waals surface area contributed by atoms with E-state index in [-0.39, 0.29) is 5.56 Å².